The molecule has 1 aromatic heterocycles. The molecule has 0 spiro atoms. The molecule has 2 aromatic rings. The molecule has 1 heterocycles. The number of aromatic nitrogens is 2. The number of halogens is 2. The number of anilines is 2. The molecule has 0 aliphatic rings. The van der Waals surface area contributed by atoms with Crippen LogP contribution < -0.4 is 10.6 Å². The molecule has 0 fully saturated rings. The van der Waals surface area contributed by atoms with Gasteiger partial charge in [-0.1, -0.05) is 6.92 Å². The van der Waals surface area contributed by atoms with E-state index in [1.807, 2.05) is 6.92 Å². The summed E-state index contributed by atoms with van der Waals surface area (Å²) in [5.74, 6) is -0.352. The lowest BCUT2D eigenvalue weighted by Gasteiger charge is -2.08. The highest BCUT2D eigenvalue weighted by molar-refractivity contribution is 9.10. The van der Waals surface area contributed by atoms with Gasteiger partial charge in [0, 0.05) is 11.0 Å². The predicted molar refractivity (Wildman–Crippen MR) is 82.9 cm³/mol. The number of amides is 1. The standard InChI is InChI=1S/C14H14BrFN4O/c1-2-5-18-13-8-17-7-12(19-13)14(21)20-11-6-9(16)3-4-10(11)15/h3-4,6-8H,2,5H2,1H3,(H,18,19)(H,20,21). The number of benzene rings is 1. The molecule has 1 amide bonds. The Hall–Kier alpha value is -2.02. The summed E-state index contributed by atoms with van der Waals surface area (Å²) in [5.41, 5.74) is 0.501. The van der Waals surface area contributed by atoms with Crippen molar-refractivity contribution in [1.29, 1.82) is 0 Å². The van der Waals surface area contributed by atoms with Gasteiger partial charge in [0.2, 0.25) is 0 Å². The third-order valence-electron chi connectivity index (χ3n) is 2.60. The molecule has 0 atom stereocenters. The van der Waals surface area contributed by atoms with Gasteiger partial charge in [0.1, 0.15) is 17.3 Å². The summed E-state index contributed by atoms with van der Waals surface area (Å²) in [4.78, 5) is 20.3. The van der Waals surface area contributed by atoms with E-state index in [0.29, 0.717) is 16.0 Å². The van der Waals surface area contributed by atoms with Crippen molar-refractivity contribution in [3.63, 3.8) is 0 Å². The molecule has 110 valence electrons. The maximum atomic E-state index is 13.2. The first-order chi connectivity index (χ1) is 10.1. The molecule has 0 radical (unpaired) electrons. The Kier molecular flexibility index (Phi) is 5.21. The van der Waals surface area contributed by atoms with Crippen LogP contribution in [0.1, 0.15) is 23.8 Å². The summed E-state index contributed by atoms with van der Waals surface area (Å²) >= 11 is 3.25. The Labute approximate surface area is 130 Å². The smallest absolute Gasteiger partial charge is 0.275 e. The van der Waals surface area contributed by atoms with Gasteiger partial charge in [0.25, 0.3) is 5.91 Å². The normalized spacial score (nSPS) is 10.2. The van der Waals surface area contributed by atoms with Crippen LogP contribution in [0.5, 0.6) is 0 Å². The Balaban J connectivity index is 2.14. The number of hydrogen-bond acceptors (Lipinski definition) is 4. The van der Waals surface area contributed by atoms with Crippen LogP contribution in [-0.4, -0.2) is 22.4 Å². The summed E-state index contributed by atoms with van der Waals surface area (Å²) in [7, 11) is 0. The molecule has 0 saturated heterocycles. The minimum atomic E-state index is -0.450. The van der Waals surface area contributed by atoms with Crippen molar-refractivity contribution >= 4 is 33.3 Å². The Morgan fingerprint density at radius 2 is 2.19 bits per heavy atom. The van der Waals surface area contributed by atoms with Gasteiger partial charge in [-0.25, -0.2) is 9.37 Å². The molecule has 7 heteroatoms. The highest BCUT2D eigenvalue weighted by Gasteiger charge is 2.11. The number of rotatable bonds is 5. The number of nitrogens with zero attached hydrogens (tertiary/aromatic N) is 2. The van der Waals surface area contributed by atoms with Gasteiger partial charge < -0.3 is 10.6 Å². The lowest BCUT2D eigenvalue weighted by Crippen LogP contribution is -2.15. The molecule has 1 aromatic carbocycles. The zero-order chi connectivity index (χ0) is 15.2. The highest BCUT2D eigenvalue weighted by atomic mass is 79.9. The molecule has 5 nitrogen and oxygen atoms in total. The number of hydrogen-bond donors (Lipinski definition) is 2. The van der Waals surface area contributed by atoms with Crippen LogP contribution in [0.15, 0.2) is 35.1 Å². The molecule has 0 aliphatic heterocycles. The van der Waals surface area contributed by atoms with Crippen LogP contribution in [0.25, 0.3) is 0 Å². The minimum Gasteiger partial charge on any atom is -0.369 e. The first-order valence-corrected chi connectivity index (χ1v) is 7.21. The van der Waals surface area contributed by atoms with Crippen LogP contribution in [0.4, 0.5) is 15.9 Å². The number of carbonyl (C=O) groups is 1. The molecule has 2 N–H and O–H groups in total. The lowest BCUT2D eigenvalue weighted by molar-refractivity contribution is 0.102. The van der Waals surface area contributed by atoms with Gasteiger partial charge in [-0.05, 0) is 40.5 Å². The van der Waals surface area contributed by atoms with Gasteiger partial charge in [0.15, 0.2) is 0 Å². The highest BCUT2D eigenvalue weighted by Crippen LogP contribution is 2.23. The van der Waals surface area contributed by atoms with E-state index in [4.69, 9.17) is 0 Å². The number of nitrogens with one attached hydrogen (secondary N) is 2. The Morgan fingerprint density at radius 1 is 1.38 bits per heavy atom. The van der Waals surface area contributed by atoms with E-state index in [2.05, 4.69) is 36.5 Å². The Morgan fingerprint density at radius 3 is 2.95 bits per heavy atom. The van der Waals surface area contributed by atoms with Crippen LogP contribution in [0.2, 0.25) is 0 Å². The van der Waals surface area contributed by atoms with E-state index < -0.39 is 11.7 Å². The van der Waals surface area contributed by atoms with Gasteiger partial charge in [0.05, 0.1) is 18.1 Å². The van der Waals surface area contributed by atoms with Crippen molar-refractivity contribution in [1.82, 2.24) is 9.97 Å². The summed E-state index contributed by atoms with van der Waals surface area (Å²) < 4.78 is 13.8. The average molecular weight is 353 g/mol. The second kappa shape index (κ2) is 7.12. The molecule has 0 bridgehead atoms. The second-order valence-electron chi connectivity index (χ2n) is 4.29. The van der Waals surface area contributed by atoms with E-state index in [1.54, 1.807) is 6.20 Å². The van der Waals surface area contributed by atoms with Gasteiger partial charge in [-0.15, -0.1) is 0 Å². The lowest BCUT2D eigenvalue weighted by atomic mass is 10.3. The summed E-state index contributed by atoms with van der Waals surface area (Å²) in [6.07, 6.45) is 3.85. The summed E-state index contributed by atoms with van der Waals surface area (Å²) in [6.45, 7) is 2.77. The number of carbonyl (C=O) groups excluding carboxylic acids is 1. The molecule has 21 heavy (non-hydrogen) atoms. The van der Waals surface area contributed by atoms with Gasteiger partial charge in [-0.3, -0.25) is 9.78 Å². The van der Waals surface area contributed by atoms with Gasteiger partial charge in [-0.2, -0.15) is 0 Å². The van der Waals surface area contributed by atoms with E-state index in [0.717, 1.165) is 13.0 Å². The fourth-order valence-corrected chi connectivity index (χ4v) is 1.94. The van der Waals surface area contributed by atoms with E-state index in [-0.39, 0.29) is 5.69 Å². The van der Waals surface area contributed by atoms with Crippen LogP contribution in [0, 0.1) is 5.82 Å². The molecule has 0 saturated carbocycles. The zero-order valence-electron chi connectivity index (χ0n) is 11.4. The molecule has 2 rings (SSSR count). The van der Waals surface area contributed by atoms with Crippen molar-refractivity contribution in [2.24, 2.45) is 0 Å². The SMILES string of the molecule is CCCNc1cncc(C(=O)Nc2cc(F)ccc2Br)n1. The minimum absolute atomic E-state index is 0.160. The van der Waals surface area contributed by atoms with Crippen molar-refractivity contribution < 1.29 is 9.18 Å². The zero-order valence-corrected chi connectivity index (χ0v) is 12.9. The van der Waals surface area contributed by atoms with E-state index in [1.165, 1.54) is 24.4 Å². The maximum Gasteiger partial charge on any atom is 0.275 e. The van der Waals surface area contributed by atoms with Crippen molar-refractivity contribution in [2.75, 3.05) is 17.2 Å². The van der Waals surface area contributed by atoms with Gasteiger partial charge >= 0.3 is 0 Å². The first kappa shape index (κ1) is 15.4. The molecule has 0 aliphatic carbocycles. The third-order valence-corrected chi connectivity index (χ3v) is 3.29. The topological polar surface area (TPSA) is 66.9 Å². The largest absolute Gasteiger partial charge is 0.369 e. The quantitative estimate of drug-likeness (QED) is 0.864. The monoisotopic (exact) mass is 352 g/mol. The fraction of sp³-hybridized carbons (Fsp3) is 0.214. The van der Waals surface area contributed by atoms with Crippen molar-refractivity contribution in [3.8, 4) is 0 Å². The summed E-state index contributed by atoms with van der Waals surface area (Å²) in [6, 6.07) is 4.05. The van der Waals surface area contributed by atoms with Crippen molar-refractivity contribution in [3.05, 3.63) is 46.6 Å². The van der Waals surface area contributed by atoms with Crippen LogP contribution >= 0.6 is 15.9 Å². The van der Waals surface area contributed by atoms with Crippen LogP contribution in [0.3, 0.4) is 0 Å². The van der Waals surface area contributed by atoms with E-state index >= 15 is 0 Å². The second-order valence-corrected chi connectivity index (χ2v) is 5.15. The predicted octanol–water partition coefficient (Wildman–Crippen LogP) is 3.45. The Bertz CT molecular complexity index is 651. The van der Waals surface area contributed by atoms with Crippen molar-refractivity contribution in [2.45, 2.75) is 13.3 Å². The average Bonchev–Trinajstić information content (AvgIpc) is 2.49. The van der Waals surface area contributed by atoms with E-state index in [9.17, 15) is 9.18 Å². The molecular weight excluding hydrogens is 339 g/mol. The fourth-order valence-electron chi connectivity index (χ4n) is 1.59. The molecular formula is C14H14BrFN4O. The molecule has 0 unspecified atom stereocenters. The van der Waals surface area contributed by atoms with Crippen LogP contribution in [-0.2, 0) is 0 Å². The third kappa shape index (κ3) is 4.22. The summed E-state index contributed by atoms with van der Waals surface area (Å²) in [5, 5.41) is 5.65. The first-order valence-electron chi connectivity index (χ1n) is 6.42. The maximum absolute atomic E-state index is 13.2.